The topological polar surface area (TPSA) is 67.2 Å². The molecular formula is C18H20N4O2. The fraction of sp³-hybridized carbons (Fsp3) is 0.389. The summed E-state index contributed by atoms with van der Waals surface area (Å²) in [7, 11) is 0. The molecule has 2 aliphatic rings. The van der Waals surface area contributed by atoms with Gasteiger partial charge in [-0.3, -0.25) is 9.59 Å². The van der Waals surface area contributed by atoms with Gasteiger partial charge in [0.05, 0.1) is 24.4 Å². The normalized spacial score (nSPS) is 20.4. The van der Waals surface area contributed by atoms with Crippen LogP contribution in [0.1, 0.15) is 24.6 Å². The van der Waals surface area contributed by atoms with Gasteiger partial charge in [0.25, 0.3) is 0 Å². The van der Waals surface area contributed by atoms with Crippen molar-refractivity contribution in [3.63, 3.8) is 0 Å². The van der Waals surface area contributed by atoms with Crippen molar-refractivity contribution in [3.05, 3.63) is 42.4 Å². The molecule has 2 aliphatic heterocycles. The zero-order chi connectivity index (χ0) is 16.5. The largest absolute Gasteiger partial charge is 0.353 e. The summed E-state index contributed by atoms with van der Waals surface area (Å²) in [5, 5.41) is 2.76. The van der Waals surface area contributed by atoms with Crippen LogP contribution in [-0.2, 0) is 16.1 Å². The number of hydrogen-bond donors (Lipinski definition) is 1. The minimum atomic E-state index is -0.248. The molecule has 1 fully saturated rings. The second kappa shape index (κ2) is 6.11. The molecule has 24 heavy (non-hydrogen) atoms. The third-order valence-corrected chi connectivity index (χ3v) is 4.79. The van der Waals surface area contributed by atoms with Crippen LogP contribution in [0.2, 0.25) is 0 Å². The van der Waals surface area contributed by atoms with E-state index in [2.05, 4.69) is 27.0 Å². The summed E-state index contributed by atoms with van der Waals surface area (Å²) >= 11 is 0. The van der Waals surface area contributed by atoms with Crippen molar-refractivity contribution in [1.29, 1.82) is 0 Å². The fourth-order valence-corrected chi connectivity index (χ4v) is 3.61. The van der Waals surface area contributed by atoms with Crippen molar-refractivity contribution in [3.8, 4) is 11.3 Å². The van der Waals surface area contributed by atoms with Gasteiger partial charge in [0.15, 0.2) is 0 Å². The van der Waals surface area contributed by atoms with Gasteiger partial charge in [-0.2, -0.15) is 0 Å². The maximum Gasteiger partial charge on any atom is 0.239 e. The molecule has 1 unspecified atom stereocenters. The first kappa shape index (κ1) is 14.9. The first-order valence-electron chi connectivity index (χ1n) is 8.40. The number of hydrogen-bond acceptors (Lipinski definition) is 3. The van der Waals surface area contributed by atoms with Gasteiger partial charge in [0.2, 0.25) is 11.8 Å². The number of carbonyl (C=O) groups excluding carboxylic acids is 2. The van der Waals surface area contributed by atoms with Crippen LogP contribution in [0, 0.1) is 0 Å². The van der Waals surface area contributed by atoms with E-state index in [0.717, 1.165) is 36.5 Å². The molecule has 1 aromatic carbocycles. The number of nitrogens with one attached hydrogen (secondary N) is 1. The highest BCUT2D eigenvalue weighted by molar-refractivity contribution is 5.89. The van der Waals surface area contributed by atoms with E-state index < -0.39 is 0 Å². The lowest BCUT2D eigenvalue weighted by atomic mass is 9.96. The lowest BCUT2D eigenvalue weighted by Crippen LogP contribution is -2.51. The Morgan fingerprint density at radius 2 is 2.04 bits per heavy atom. The number of carbonyl (C=O) groups is 2. The highest BCUT2D eigenvalue weighted by atomic mass is 16.2. The lowest BCUT2D eigenvalue weighted by molar-refractivity contribution is -0.139. The molecule has 1 N–H and O–H groups in total. The van der Waals surface area contributed by atoms with Gasteiger partial charge >= 0.3 is 0 Å². The Hall–Kier alpha value is -2.63. The molecule has 6 heteroatoms. The molecule has 0 bridgehead atoms. The smallest absolute Gasteiger partial charge is 0.239 e. The van der Waals surface area contributed by atoms with E-state index in [-0.39, 0.29) is 24.3 Å². The van der Waals surface area contributed by atoms with E-state index in [1.807, 2.05) is 24.4 Å². The number of fused-ring (bicyclic) bond motifs is 1. The van der Waals surface area contributed by atoms with E-state index in [0.29, 0.717) is 13.1 Å². The van der Waals surface area contributed by atoms with E-state index in [9.17, 15) is 9.59 Å². The SMILES string of the molecule is O=C1CN(C(=O)C2CCCn3c(-c4ccccc4)cnc32)CCN1. The van der Waals surface area contributed by atoms with Gasteiger partial charge in [-0.15, -0.1) is 0 Å². The summed E-state index contributed by atoms with van der Waals surface area (Å²) in [5.74, 6) is 0.521. The van der Waals surface area contributed by atoms with E-state index in [1.54, 1.807) is 4.90 Å². The molecular weight excluding hydrogens is 304 g/mol. The van der Waals surface area contributed by atoms with Crippen LogP contribution < -0.4 is 5.32 Å². The average molecular weight is 324 g/mol. The van der Waals surface area contributed by atoms with Gasteiger partial charge in [-0.1, -0.05) is 30.3 Å². The Kier molecular flexibility index (Phi) is 3.80. The van der Waals surface area contributed by atoms with Gasteiger partial charge in [-0.25, -0.2) is 4.98 Å². The Morgan fingerprint density at radius 1 is 1.21 bits per heavy atom. The monoisotopic (exact) mass is 324 g/mol. The lowest BCUT2D eigenvalue weighted by Gasteiger charge is -2.32. The predicted molar refractivity (Wildman–Crippen MR) is 89.2 cm³/mol. The van der Waals surface area contributed by atoms with Crippen LogP contribution in [-0.4, -0.2) is 45.9 Å². The highest BCUT2D eigenvalue weighted by Crippen LogP contribution is 2.32. The molecule has 2 amide bonds. The number of rotatable bonds is 2. The summed E-state index contributed by atoms with van der Waals surface area (Å²) in [6.07, 6.45) is 3.60. The molecule has 0 spiro atoms. The predicted octanol–water partition coefficient (Wildman–Crippen LogP) is 1.39. The van der Waals surface area contributed by atoms with Gasteiger partial charge in [-0.05, 0) is 18.4 Å². The van der Waals surface area contributed by atoms with Crippen LogP contribution in [0.25, 0.3) is 11.3 Å². The molecule has 124 valence electrons. The fourth-order valence-electron chi connectivity index (χ4n) is 3.61. The quantitative estimate of drug-likeness (QED) is 0.908. The maximum absolute atomic E-state index is 12.9. The zero-order valence-corrected chi connectivity index (χ0v) is 13.4. The van der Waals surface area contributed by atoms with Crippen molar-refractivity contribution in [1.82, 2.24) is 19.8 Å². The summed E-state index contributed by atoms with van der Waals surface area (Å²) in [5.41, 5.74) is 2.17. The number of imidazole rings is 1. The van der Waals surface area contributed by atoms with Gasteiger partial charge in [0.1, 0.15) is 5.82 Å². The number of aromatic nitrogens is 2. The minimum Gasteiger partial charge on any atom is -0.353 e. The van der Waals surface area contributed by atoms with Crippen molar-refractivity contribution in [2.75, 3.05) is 19.6 Å². The van der Waals surface area contributed by atoms with E-state index in [4.69, 9.17) is 0 Å². The molecule has 1 atom stereocenters. The number of benzene rings is 1. The molecule has 0 radical (unpaired) electrons. The summed E-state index contributed by atoms with van der Waals surface area (Å²) in [6, 6.07) is 10.1. The van der Waals surface area contributed by atoms with Crippen molar-refractivity contribution in [2.45, 2.75) is 25.3 Å². The first-order chi connectivity index (χ1) is 11.7. The zero-order valence-electron chi connectivity index (χ0n) is 13.4. The van der Waals surface area contributed by atoms with Crippen molar-refractivity contribution < 1.29 is 9.59 Å². The molecule has 1 aromatic heterocycles. The third-order valence-electron chi connectivity index (χ3n) is 4.79. The second-order valence-electron chi connectivity index (χ2n) is 6.32. The number of amides is 2. The Bertz CT molecular complexity index is 769. The van der Waals surface area contributed by atoms with Crippen LogP contribution in [0.4, 0.5) is 0 Å². The highest BCUT2D eigenvalue weighted by Gasteiger charge is 2.34. The van der Waals surface area contributed by atoms with Crippen LogP contribution in [0.15, 0.2) is 36.5 Å². The average Bonchev–Trinajstić information content (AvgIpc) is 3.06. The van der Waals surface area contributed by atoms with E-state index >= 15 is 0 Å². The van der Waals surface area contributed by atoms with Crippen LogP contribution >= 0.6 is 0 Å². The maximum atomic E-state index is 12.9. The van der Waals surface area contributed by atoms with Gasteiger partial charge < -0.3 is 14.8 Å². The standard InChI is InChI=1S/C18H20N4O2/c23-16-12-21(10-8-19-16)18(24)14-7-4-9-22-15(11-20-17(14)22)13-5-2-1-3-6-13/h1-3,5-6,11,14H,4,7-10,12H2,(H,19,23). The minimum absolute atomic E-state index is 0.0241. The second-order valence-corrected chi connectivity index (χ2v) is 6.32. The Balaban J connectivity index is 1.64. The number of piperazine rings is 1. The van der Waals surface area contributed by atoms with Crippen molar-refractivity contribution >= 4 is 11.8 Å². The Labute approximate surface area is 140 Å². The van der Waals surface area contributed by atoms with Crippen LogP contribution in [0.3, 0.4) is 0 Å². The summed E-state index contributed by atoms with van der Waals surface area (Å²) in [4.78, 5) is 30.7. The molecule has 6 nitrogen and oxygen atoms in total. The van der Waals surface area contributed by atoms with E-state index in [1.165, 1.54) is 0 Å². The summed E-state index contributed by atoms with van der Waals surface area (Å²) in [6.45, 7) is 2.14. The Morgan fingerprint density at radius 3 is 2.83 bits per heavy atom. The molecule has 3 heterocycles. The van der Waals surface area contributed by atoms with Gasteiger partial charge in [0, 0.05) is 19.6 Å². The number of nitrogens with zero attached hydrogens (tertiary/aromatic N) is 3. The molecule has 1 saturated heterocycles. The molecule has 2 aromatic rings. The first-order valence-corrected chi connectivity index (χ1v) is 8.40. The third kappa shape index (κ3) is 2.58. The van der Waals surface area contributed by atoms with Crippen molar-refractivity contribution in [2.24, 2.45) is 0 Å². The molecule has 0 aliphatic carbocycles. The van der Waals surface area contributed by atoms with Crippen LogP contribution in [0.5, 0.6) is 0 Å². The molecule has 4 rings (SSSR count). The molecule has 0 saturated carbocycles. The summed E-state index contributed by atoms with van der Waals surface area (Å²) < 4.78 is 2.16.